The fraction of sp³-hybridized carbons (Fsp3) is 0.526. The van der Waals surface area contributed by atoms with Gasteiger partial charge in [0.15, 0.2) is 8.32 Å². The summed E-state index contributed by atoms with van der Waals surface area (Å²) in [5, 5.41) is 12.3. The van der Waals surface area contributed by atoms with Crippen molar-refractivity contribution in [2.24, 2.45) is 0 Å². The van der Waals surface area contributed by atoms with Gasteiger partial charge in [-0.2, -0.15) is 0 Å². The van der Waals surface area contributed by atoms with E-state index in [9.17, 15) is 0 Å². The Balaban J connectivity index is 1.73. The molecule has 0 radical (unpaired) electrons. The molecule has 0 bridgehead atoms. The van der Waals surface area contributed by atoms with Crippen molar-refractivity contribution in [2.75, 3.05) is 13.1 Å². The van der Waals surface area contributed by atoms with Crippen LogP contribution in [0.4, 0.5) is 0 Å². The molecule has 0 unspecified atom stereocenters. The topological polar surface area (TPSA) is 73.1 Å². The second-order valence-corrected chi connectivity index (χ2v) is 13.5. The van der Waals surface area contributed by atoms with Gasteiger partial charge in [-0.1, -0.05) is 38.4 Å². The highest BCUT2D eigenvalue weighted by atomic mass is 35.5. The molecule has 0 aliphatic carbocycles. The van der Waals surface area contributed by atoms with Crippen molar-refractivity contribution in [3.63, 3.8) is 0 Å². The first kappa shape index (κ1) is 20.2. The highest BCUT2D eigenvalue weighted by molar-refractivity contribution is 6.74. The molecule has 1 aliphatic heterocycles. The van der Waals surface area contributed by atoms with E-state index in [1.165, 1.54) is 5.57 Å². The predicted octanol–water partition coefficient (Wildman–Crippen LogP) is 4.68. The van der Waals surface area contributed by atoms with E-state index in [1.54, 1.807) is 6.20 Å². The first-order chi connectivity index (χ1) is 12.7. The molecule has 27 heavy (non-hydrogen) atoms. The maximum absolute atomic E-state index is 6.46. The number of nitrogens with zero attached hydrogens (tertiary/aromatic N) is 3. The number of hydrogen-bond donors (Lipinski definition) is 1. The molecule has 2 aromatic heterocycles. The van der Waals surface area contributed by atoms with Crippen LogP contribution in [0.15, 0.2) is 22.8 Å². The minimum atomic E-state index is -1.87. The van der Waals surface area contributed by atoms with E-state index < -0.39 is 8.32 Å². The molecule has 0 atom stereocenters. The zero-order valence-corrected chi connectivity index (χ0v) is 18.4. The summed E-state index contributed by atoms with van der Waals surface area (Å²) < 4.78 is 11.9. The van der Waals surface area contributed by atoms with Gasteiger partial charge in [-0.05, 0) is 42.7 Å². The van der Waals surface area contributed by atoms with Crippen molar-refractivity contribution in [1.29, 1.82) is 0 Å². The molecule has 1 aliphatic rings. The van der Waals surface area contributed by atoms with Crippen molar-refractivity contribution >= 4 is 25.5 Å². The Kier molecular flexibility index (Phi) is 5.86. The monoisotopic (exact) mass is 406 g/mol. The lowest BCUT2D eigenvalue weighted by atomic mass is 10.0. The fourth-order valence-corrected chi connectivity index (χ4v) is 3.72. The van der Waals surface area contributed by atoms with E-state index in [0.29, 0.717) is 29.0 Å². The molecule has 8 heteroatoms. The molecule has 1 N–H and O–H groups in total. The molecule has 0 amide bonds. The Bertz CT molecular complexity index is 842. The van der Waals surface area contributed by atoms with Gasteiger partial charge >= 0.3 is 0 Å². The molecular weight excluding hydrogens is 380 g/mol. The zero-order chi connectivity index (χ0) is 19.7. The van der Waals surface area contributed by atoms with Crippen molar-refractivity contribution < 1.29 is 8.84 Å². The Morgan fingerprint density at radius 3 is 2.70 bits per heavy atom. The SMILES string of the molecule is CC(C)(C)[Si](C)(C)OCc1nnc(-c2cnc(C3=CCNCC3)c(Cl)c2)o1. The summed E-state index contributed by atoms with van der Waals surface area (Å²) in [6.45, 7) is 13.1. The van der Waals surface area contributed by atoms with Gasteiger partial charge in [0.1, 0.15) is 6.61 Å². The van der Waals surface area contributed by atoms with Crippen LogP contribution >= 0.6 is 11.6 Å². The summed E-state index contributed by atoms with van der Waals surface area (Å²) in [5.74, 6) is 0.875. The quantitative estimate of drug-likeness (QED) is 0.726. The van der Waals surface area contributed by atoms with E-state index in [1.807, 2.05) is 6.07 Å². The highest BCUT2D eigenvalue weighted by Crippen LogP contribution is 2.37. The normalized spacial score (nSPS) is 15.7. The minimum Gasteiger partial charge on any atom is -0.418 e. The van der Waals surface area contributed by atoms with Gasteiger partial charge in [0.2, 0.25) is 11.8 Å². The highest BCUT2D eigenvalue weighted by Gasteiger charge is 2.37. The minimum absolute atomic E-state index is 0.131. The number of halogens is 1. The van der Waals surface area contributed by atoms with Gasteiger partial charge in [-0.15, -0.1) is 10.2 Å². The van der Waals surface area contributed by atoms with Crippen LogP contribution in [0.1, 0.15) is 38.8 Å². The summed E-state index contributed by atoms with van der Waals surface area (Å²) in [5.41, 5.74) is 2.70. The maximum atomic E-state index is 6.46. The second-order valence-electron chi connectivity index (χ2n) is 8.29. The van der Waals surface area contributed by atoms with E-state index in [0.717, 1.165) is 25.2 Å². The number of hydrogen-bond acceptors (Lipinski definition) is 6. The van der Waals surface area contributed by atoms with Crippen molar-refractivity contribution in [1.82, 2.24) is 20.5 Å². The van der Waals surface area contributed by atoms with Crippen LogP contribution in [-0.2, 0) is 11.0 Å². The van der Waals surface area contributed by atoms with Gasteiger partial charge < -0.3 is 14.2 Å². The van der Waals surface area contributed by atoms with Crippen molar-refractivity contribution in [3.05, 3.63) is 34.9 Å². The molecular formula is C19H27ClN4O2Si. The van der Waals surface area contributed by atoms with Crippen LogP contribution in [0.5, 0.6) is 0 Å². The van der Waals surface area contributed by atoms with E-state index in [-0.39, 0.29) is 5.04 Å². The fourth-order valence-electron chi connectivity index (χ4n) is 2.52. The standard InChI is InChI=1S/C19H27ClN4O2Si/c1-19(2,3)27(4,5)25-12-16-23-24-18(26-16)14-10-15(20)17(22-11-14)13-6-8-21-9-7-13/h6,10-11,21H,7-9,12H2,1-5H3. The van der Waals surface area contributed by atoms with Crippen LogP contribution in [0, 0.1) is 0 Å². The molecule has 3 rings (SSSR count). The van der Waals surface area contributed by atoms with Gasteiger partial charge in [0, 0.05) is 12.7 Å². The number of nitrogens with one attached hydrogen (secondary N) is 1. The summed E-state index contributed by atoms with van der Waals surface area (Å²) in [6, 6.07) is 1.83. The summed E-state index contributed by atoms with van der Waals surface area (Å²) in [7, 11) is -1.87. The first-order valence-corrected chi connectivity index (χ1v) is 12.5. The third kappa shape index (κ3) is 4.66. The zero-order valence-electron chi connectivity index (χ0n) is 16.6. The Morgan fingerprint density at radius 2 is 2.07 bits per heavy atom. The third-order valence-electron chi connectivity index (χ3n) is 5.29. The largest absolute Gasteiger partial charge is 0.418 e. The van der Waals surface area contributed by atoms with E-state index in [2.05, 4.69) is 60.4 Å². The van der Waals surface area contributed by atoms with Crippen LogP contribution in [0.25, 0.3) is 17.0 Å². The van der Waals surface area contributed by atoms with Crippen LogP contribution in [-0.4, -0.2) is 36.6 Å². The summed E-state index contributed by atoms with van der Waals surface area (Å²) in [6.07, 6.45) is 4.78. The second kappa shape index (κ2) is 7.83. The van der Waals surface area contributed by atoms with Gasteiger partial charge in [-0.3, -0.25) is 4.98 Å². The van der Waals surface area contributed by atoms with Crippen LogP contribution < -0.4 is 5.32 Å². The average Bonchev–Trinajstić information content (AvgIpc) is 3.09. The third-order valence-corrected chi connectivity index (χ3v) is 10.1. The lowest BCUT2D eigenvalue weighted by Crippen LogP contribution is -2.40. The molecule has 2 aromatic rings. The lowest BCUT2D eigenvalue weighted by molar-refractivity contribution is 0.241. The Morgan fingerprint density at radius 1 is 1.30 bits per heavy atom. The average molecular weight is 407 g/mol. The number of rotatable bonds is 5. The molecule has 0 saturated heterocycles. The van der Waals surface area contributed by atoms with E-state index >= 15 is 0 Å². The molecule has 0 saturated carbocycles. The van der Waals surface area contributed by atoms with Crippen molar-refractivity contribution in [2.45, 2.75) is 51.9 Å². The van der Waals surface area contributed by atoms with Crippen LogP contribution in [0.2, 0.25) is 23.2 Å². The number of aromatic nitrogens is 3. The Labute approximate surface area is 166 Å². The molecule has 0 aromatic carbocycles. The molecule has 3 heterocycles. The smallest absolute Gasteiger partial charge is 0.249 e. The maximum Gasteiger partial charge on any atom is 0.249 e. The lowest BCUT2D eigenvalue weighted by Gasteiger charge is -2.35. The van der Waals surface area contributed by atoms with E-state index in [4.69, 9.17) is 20.4 Å². The molecule has 0 fully saturated rings. The van der Waals surface area contributed by atoms with Gasteiger partial charge in [0.05, 0.1) is 16.3 Å². The predicted molar refractivity (Wildman–Crippen MR) is 110 cm³/mol. The van der Waals surface area contributed by atoms with Crippen LogP contribution in [0.3, 0.4) is 0 Å². The molecule has 0 spiro atoms. The van der Waals surface area contributed by atoms with Gasteiger partial charge in [-0.25, -0.2) is 0 Å². The molecule has 146 valence electrons. The Hall–Kier alpha value is -1.54. The summed E-state index contributed by atoms with van der Waals surface area (Å²) >= 11 is 6.46. The molecule has 6 nitrogen and oxygen atoms in total. The number of pyridine rings is 1. The van der Waals surface area contributed by atoms with Gasteiger partial charge in [0.25, 0.3) is 0 Å². The van der Waals surface area contributed by atoms with Crippen molar-refractivity contribution in [3.8, 4) is 11.5 Å². The summed E-state index contributed by atoms with van der Waals surface area (Å²) in [4.78, 5) is 4.52. The first-order valence-electron chi connectivity index (χ1n) is 9.20.